The van der Waals surface area contributed by atoms with Gasteiger partial charge in [0.25, 0.3) is 5.91 Å². The molecule has 3 N–H and O–H groups in total. The van der Waals surface area contributed by atoms with Gasteiger partial charge in [-0.2, -0.15) is 0 Å². The Bertz CT molecular complexity index is 894. The van der Waals surface area contributed by atoms with E-state index in [0.29, 0.717) is 25.1 Å². The van der Waals surface area contributed by atoms with Gasteiger partial charge < -0.3 is 20.3 Å². The minimum atomic E-state index is -0.573. The molecule has 3 fully saturated rings. The van der Waals surface area contributed by atoms with Crippen molar-refractivity contribution in [3.63, 3.8) is 0 Å². The quantitative estimate of drug-likeness (QED) is 0.512. The van der Waals surface area contributed by atoms with Crippen LogP contribution in [0.5, 0.6) is 0 Å². The molecule has 0 aromatic heterocycles. The van der Waals surface area contributed by atoms with Gasteiger partial charge in [0, 0.05) is 57.8 Å². The van der Waals surface area contributed by atoms with Crippen LogP contribution in [0.2, 0.25) is 0 Å². The van der Waals surface area contributed by atoms with Crippen molar-refractivity contribution in [2.24, 2.45) is 0 Å². The van der Waals surface area contributed by atoms with Crippen LogP contribution in [0.15, 0.2) is 18.2 Å². The molecule has 5 rings (SSSR count). The van der Waals surface area contributed by atoms with Gasteiger partial charge in [-0.3, -0.25) is 24.6 Å². The summed E-state index contributed by atoms with van der Waals surface area (Å²) in [6.45, 7) is 7.64. The molecular weight excluding hydrogens is 398 g/mol. The van der Waals surface area contributed by atoms with Gasteiger partial charge in [-0.1, -0.05) is 12.1 Å². The summed E-state index contributed by atoms with van der Waals surface area (Å²) in [5, 5.41) is 9.33. The minimum absolute atomic E-state index is 0.0807. The van der Waals surface area contributed by atoms with Gasteiger partial charge in [0.1, 0.15) is 6.04 Å². The average Bonchev–Trinajstić information content (AvgIpc) is 3.06. The molecule has 4 aliphatic heterocycles. The molecule has 166 valence electrons. The highest BCUT2D eigenvalue weighted by Gasteiger charge is 2.44. The summed E-state index contributed by atoms with van der Waals surface area (Å²) in [5.74, 6) is -0.775. The molecule has 0 aliphatic carbocycles. The minimum Gasteiger partial charge on any atom is -0.377 e. The summed E-state index contributed by atoms with van der Waals surface area (Å²) in [6, 6.07) is 5.32. The van der Waals surface area contributed by atoms with Crippen LogP contribution in [0.3, 0.4) is 0 Å². The van der Waals surface area contributed by atoms with Crippen LogP contribution < -0.4 is 16.0 Å². The number of hydrogen-bond acceptors (Lipinski definition) is 7. The predicted octanol–water partition coefficient (Wildman–Crippen LogP) is -0.789. The van der Waals surface area contributed by atoms with E-state index in [1.54, 1.807) is 4.90 Å². The molecule has 3 amide bonds. The lowest BCUT2D eigenvalue weighted by Gasteiger charge is -2.51. The number of nitrogens with one attached hydrogen (secondary N) is 3. The fourth-order valence-corrected chi connectivity index (χ4v) is 5.05. The summed E-state index contributed by atoms with van der Waals surface area (Å²) in [4.78, 5) is 40.6. The Morgan fingerprint density at radius 2 is 1.97 bits per heavy atom. The molecule has 0 bridgehead atoms. The van der Waals surface area contributed by atoms with Gasteiger partial charge in [-0.05, 0) is 23.6 Å². The fourth-order valence-electron chi connectivity index (χ4n) is 5.05. The van der Waals surface area contributed by atoms with Crippen molar-refractivity contribution in [3.8, 4) is 0 Å². The van der Waals surface area contributed by atoms with Gasteiger partial charge in [-0.25, -0.2) is 0 Å². The number of piperazine rings is 1. The van der Waals surface area contributed by atoms with E-state index in [1.165, 1.54) is 0 Å². The topological polar surface area (TPSA) is 103 Å². The second-order valence-electron chi connectivity index (χ2n) is 8.95. The van der Waals surface area contributed by atoms with Crippen LogP contribution in [0.4, 0.5) is 0 Å². The molecule has 0 spiro atoms. The molecule has 9 nitrogen and oxygen atoms in total. The van der Waals surface area contributed by atoms with Crippen molar-refractivity contribution in [1.82, 2.24) is 25.8 Å². The maximum Gasteiger partial charge on any atom is 0.255 e. The lowest BCUT2D eigenvalue weighted by atomic mass is 9.93. The van der Waals surface area contributed by atoms with Crippen LogP contribution in [-0.4, -0.2) is 85.0 Å². The van der Waals surface area contributed by atoms with Gasteiger partial charge in [0.15, 0.2) is 0 Å². The zero-order valence-electron chi connectivity index (χ0n) is 17.6. The normalized spacial score (nSPS) is 25.9. The van der Waals surface area contributed by atoms with Crippen LogP contribution >= 0.6 is 0 Å². The van der Waals surface area contributed by atoms with Crippen molar-refractivity contribution in [2.75, 3.05) is 45.9 Å². The van der Waals surface area contributed by atoms with Crippen LogP contribution in [0.1, 0.15) is 34.3 Å². The first-order valence-corrected chi connectivity index (χ1v) is 11.1. The molecular formula is C22H29N5O4. The van der Waals surface area contributed by atoms with Gasteiger partial charge >= 0.3 is 0 Å². The number of piperidine rings is 1. The Hall–Kier alpha value is -2.33. The highest BCUT2D eigenvalue weighted by molar-refractivity contribution is 6.05. The number of rotatable bonds is 6. The Morgan fingerprint density at radius 1 is 1.16 bits per heavy atom. The van der Waals surface area contributed by atoms with E-state index in [2.05, 4.69) is 26.9 Å². The first kappa shape index (κ1) is 20.6. The summed E-state index contributed by atoms with van der Waals surface area (Å²) in [7, 11) is 0. The molecule has 1 aromatic carbocycles. The van der Waals surface area contributed by atoms with E-state index in [0.717, 1.165) is 57.1 Å². The molecule has 0 saturated carbocycles. The Morgan fingerprint density at radius 3 is 2.68 bits per heavy atom. The van der Waals surface area contributed by atoms with Gasteiger partial charge in [0.2, 0.25) is 11.8 Å². The Kier molecular flexibility index (Phi) is 5.51. The average molecular weight is 428 g/mol. The second-order valence-corrected chi connectivity index (χ2v) is 8.95. The smallest absolute Gasteiger partial charge is 0.255 e. The number of fused-ring (bicyclic) bond motifs is 1. The number of benzene rings is 1. The lowest BCUT2D eigenvalue weighted by Crippen LogP contribution is -2.69. The third-order valence-corrected chi connectivity index (χ3v) is 6.90. The number of carbonyl (C=O) groups is 3. The largest absolute Gasteiger partial charge is 0.377 e. The second kappa shape index (κ2) is 8.31. The summed E-state index contributed by atoms with van der Waals surface area (Å²) < 4.78 is 5.55. The van der Waals surface area contributed by atoms with Gasteiger partial charge in [-0.15, -0.1) is 0 Å². The molecule has 0 radical (unpaired) electrons. The number of amides is 3. The Labute approximate surface area is 181 Å². The van der Waals surface area contributed by atoms with E-state index in [1.807, 2.05) is 12.1 Å². The van der Waals surface area contributed by atoms with E-state index in [9.17, 15) is 14.4 Å². The van der Waals surface area contributed by atoms with Crippen LogP contribution in [0.25, 0.3) is 0 Å². The highest BCUT2D eigenvalue weighted by Crippen LogP contribution is 2.29. The molecule has 1 unspecified atom stereocenters. The predicted molar refractivity (Wildman–Crippen MR) is 112 cm³/mol. The zero-order chi connectivity index (χ0) is 21.4. The zero-order valence-corrected chi connectivity index (χ0v) is 17.6. The van der Waals surface area contributed by atoms with E-state index >= 15 is 0 Å². The molecule has 1 aromatic rings. The molecule has 3 saturated heterocycles. The third kappa shape index (κ3) is 3.87. The molecule has 4 aliphatic rings. The van der Waals surface area contributed by atoms with Crippen molar-refractivity contribution in [2.45, 2.75) is 37.5 Å². The van der Waals surface area contributed by atoms with Crippen LogP contribution in [0, 0.1) is 0 Å². The standard InChI is InChI=1S/C22H29N5O4/c28-19-4-3-18(20(29)25-19)27-11-16-9-15(1-2-17(16)21(27)30)10-24-12-22(13-31-14-22)26-7-5-23-6-8-26/h1-2,9,18,23-24H,3-8,10-14H2,(H,25,28,29). The highest BCUT2D eigenvalue weighted by atomic mass is 16.5. The SMILES string of the molecule is O=C1CCC(N2Cc3cc(CNCC4(N5CCNCC5)COC4)ccc3C2=O)C(=O)N1. The van der Waals surface area contributed by atoms with Gasteiger partial charge in [0.05, 0.1) is 18.8 Å². The van der Waals surface area contributed by atoms with Crippen molar-refractivity contribution in [3.05, 3.63) is 34.9 Å². The van der Waals surface area contributed by atoms with E-state index < -0.39 is 6.04 Å². The Balaban J connectivity index is 1.20. The first-order valence-electron chi connectivity index (χ1n) is 11.1. The summed E-state index contributed by atoms with van der Waals surface area (Å²) in [5.41, 5.74) is 2.79. The maximum absolute atomic E-state index is 12.8. The van der Waals surface area contributed by atoms with E-state index in [-0.39, 0.29) is 29.7 Å². The molecule has 9 heteroatoms. The number of ether oxygens (including phenoxy) is 1. The van der Waals surface area contributed by atoms with Crippen molar-refractivity contribution < 1.29 is 19.1 Å². The molecule has 4 heterocycles. The maximum atomic E-state index is 12.8. The third-order valence-electron chi connectivity index (χ3n) is 6.90. The van der Waals surface area contributed by atoms with E-state index in [4.69, 9.17) is 4.74 Å². The molecule has 1 atom stereocenters. The first-order chi connectivity index (χ1) is 15.1. The van der Waals surface area contributed by atoms with Crippen molar-refractivity contribution >= 4 is 17.7 Å². The van der Waals surface area contributed by atoms with Crippen LogP contribution in [-0.2, 0) is 27.4 Å². The monoisotopic (exact) mass is 427 g/mol. The fraction of sp³-hybridized carbons (Fsp3) is 0.591. The van der Waals surface area contributed by atoms with Crippen molar-refractivity contribution in [1.29, 1.82) is 0 Å². The summed E-state index contributed by atoms with van der Waals surface area (Å²) >= 11 is 0. The number of carbonyl (C=O) groups excluding carboxylic acids is 3. The number of imide groups is 1. The molecule has 31 heavy (non-hydrogen) atoms. The number of nitrogens with zero attached hydrogens (tertiary/aromatic N) is 2. The summed E-state index contributed by atoms with van der Waals surface area (Å²) in [6.07, 6.45) is 0.652. The lowest BCUT2D eigenvalue weighted by molar-refractivity contribution is -0.141. The number of hydrogen-bond donors (Lipinski definition) is 3.